The predicted octanol–water partition coefficient (Wildman–Crippen LogP) is 2.69. The van der Waals surface area contributed by atoms with E-state index in [-0.39, 0.29) is 18.0 Å². The lowest BCUT2D eigenvalue weighted by Gasteiger charge is -2.34. The van der Waals surface area contributed by atoms with Gasteiger partial charge in [0.15, 0.2) is 0 Å². The highest BCUT2D eigenvalue weighted by molar-refractivity contribution is 5.76. The van der Waals surface area contributed by atoms with E-state index in [0.717, 1.165) is 25.7 Å². The summed E-state index contributed by atoms with van der Waals surface area (Å²) < 4.78 is 5.37. The van der Waals surface area contributed by atoms with Gasteiger partial charge in [-0.15, -0.1) is 0 Å². The molecular formula is C15H28N2O3. The molecule has 0 radical (unpaired) electrons. The Balaban J connectivity index is 2.42. The number of carbonyl (C=O) groups excluding carboxylic acids is 2. The molecule has 0 bridgehead atoms. The number of nitrogens with zero attached hydrogens (tertiary/aromatic N) is 1. The maximum atomic E-state index is 12.0. The minimum atomic E-state index is -0.478. The maximum Gasteiger partial charge on any atom is 0.410 e. The first-order valence-corrected chi connectivity index (χ1v) is 7.59. The van der Waals surface area contributed by atoms with Gasteiger partial charge in [-0.2, -0.15) is 0 Å². The number of rotatable bonds is 4. The van der Waals surface area contributed by atoms with Crippen LogP contribution in [0, 0.1) is 0 Å². The van der Waals surface area contributed by atoms with Crippen molar-refractivity contribution in [3.63, 3.8) is 0 Å². The lowest BCUT2D eigenvalue weighted by Crippen LogP contribution is -2.50. The molecular weight excluding hydrogens is 256 g/mol. The molecule has 0 aromatic heterocycles. The van der Waals surface area contributed by atoms with E-state index in [4.69, 9.17) is 4.74 Å². The molecule has 1 aliphatic heterocycles. The molecule has 1 rings (SSSR count). The molecule has 20 heavy (non-hydrogen) atoms. The molecule has 0 aromatic rings. The van der Waals surface area contributed by atoms with E-state index in [0.29, 0.717) is 19.5 Å². The Bertz CT molecular complexity index is 337. The first-order chi connectivity index (χ1) is 9.31. The highest BCUT2D eigenvalue weighted by Gasteiger charge is 2.28. The number of hydrogen-bond donors (Lipinski definition) is 1. The van der Waals surface area contributed by atoms with Crippen LogP contribution in [0.2, 0.25) is 0 Å². The first kappa shape index (κ1) is 16.8. The fourth-order valence-corrected chi connectivity index (χ4v) is 2.22. The summed E-state index contributed by atoms with van der Waals surface area (Å²) >= 11 is 0. The second-order valence-electron chi connectivity index (χ2n) is 6.44. The van der Waals surface area contributed by atoms with Gasteiger partial charge >= 0.3 is 6.09 Å². The molecule has 1 unspecified atom stereocenters. The quantitative estimate of drug-likeness (QED) is 0.863. The topological polar surface area (TPSA) is 58.6 Å². The molecule has 0 saturated carbocycles. The molecule has 2 amide bonds. The molecule has 1 heterocycles. The second kappa shape index (κ2) is 7.50. The molecule has 5 nitrogen and oxygen atoms in total. The Labute approximate surface area is 122 Å². The summed E-state index contributed by atoms with van der Waals surface area (Å²) in [4.78, 5) is 25.4. The fraction of sp³-hybridized carbons (Fsp3) is 0.867. The summed E-state index contributed by atoms with van der Waals surface area (Å²) in [5, 5.41) is 3.01. The predicted molar refractivity (Wildman–Crippen MR) is 78.5 cm³/mol. The van der Waals surface area contributed by atoms with Gasteiger partial charge in [0.05, 0.1) is 0 Å². The molecule has 116 valence electrons. The molecule has 0 aromatic carbocycles. The normalized spacial score (nSPS) is 19.6. The Morgan fingerprint density at radius 1 is 1.35 bits per heavy atom. The highest BCUT2D eigenvalue weighted by atomic mass is 16.6. The third-order valence-corrected chi connectivity index (χ3v) is 3.20. The Morgan fingerprint density at radius 2 is 2.05 bits per heavy atom. The molecule has 1 atom stereocenters. The Hall–Kier alpha value is -1.26. The summed E-state index contributed by atoms with van der Waals surface area (Å²) in [5.41, 5.74) is -0.478. The summed E-state index contributed by atoms with van der Waals surface area (Å²) in [5.74, 6) is 0.0860. The largest absolute Gasteiger partial charge is 0.444 e. The van der Waals surface area contributed by atoms with Crippen LogP contribution in [0.4, 0.5) is 4.79 Å². The van der Waals surface area contributed by atoms with Gasteiger partial charge in [0.1, 0.15) is 5.60 Å². The van der Waals surface area contributed by atoms with Crippen molar-refractivity contribution in [2.75, 3.05) is 13.1 Å². The van der Waals surface area contributed by atoms with E-state index in [1.165, 1.54) is 0 Å². The molecule has 1 N–H and O–H groups in total. The van der Waals surface area contributed by atoms with Gasteiger partial charge in [-0.1, -0.05) is 13.3 Å². The van der Waals surface area contributed by atoms with Crippen molar-refractivity contribution in [2.24, 2.45) is 0 Å². The van der Waals surface area contributed by atoms with Crippen LogP contribution in [0.25, 0.3) is 0 Å². The summed E-state index contributed by atoms with van der Waals surface area (Å²) in [6.07, 6.45) is 4.04. The van der Waals surface area contributed by atoms with Gasteiger partial charge < -0.3 is 15.0 Å². The van der Waals surface area contributed by atoms with Gasteiger partial charge in [0, 0.05) is 25.6 Å². The van der Waals surface area contributed by atoms with E-state index < -0.39 is 5.60 Å². The van der Waals surface area contributed by atoms with Crippen molar-refractivity contribution in [3.8, 4) is 0 Å². The number of carbonyl (C=O) groups is 2. The fourth-order valence-electron chi connectivity index (χ4n) is 2.22. The number of likely N-dealkylation sites (tertiary alicyclic amines) is 1. The second-order valence-corrected chi connectivity index (χ2v) is 6.44. The average molecular weight is 284 g/mol. The minimum absolute atomic E-state index is 0.0561. The van der Waals surface area contributed by atoms with Crippen molar-refractivity contribution in [1.82, 2.24) is 10.2 Å². The van der Waals surface area contributed by atoms with Crippen LogP contribution in [0.5, 0.6) is 0 Å². The van der Waals surface area contributed by atoms with Crippen LogP contribution < -0.4 is 5.32 Å². The number of unbranched alkanes of at least 4 members (excludes halogenated alkanes) is 1. The van der Waals surface area contributed by atoms with Crippen LogP contribution in [0.3, 0.4) is 0 Å². The number of ether oxygens (including phenoxy) is 1. The molecule has 1 saturated heterocycles. The molecule has 0 spiro atoms. The zero-order chi connectivity index (χ0) is 15.2. The number of hydrogen-bond acceptors (Lipinski definition) is 3. The third-order valence-electron chi connectivity index (χ3n) is 3.20. The van der Waals surface area contributed by atoms with Crippen molar-refractivity contribution in [1.29, 1.82) is 0 Å². The van der Waals surface area contributed by atoms with Crippen LogP contribution in [0.15, 0.2) is 0 Å². The van der Waals surface area contributed by atoms with Crippen LogP contribution in [0.1, 0.15) is 59.8 Å². The van der Waals surface area contributed by atoms with E-state index in [1.54, 1.807) is 4.90 Å². The highest BCUT2D eigenvalue weighted by Crippen LogP contribution is 2.15. The van der Waals surface area contributed by atoms with Crippen molar-refractivity contribution >= 4 is 12.0 Å². The van der Waals surface area contributed by atoms with Gasteiger partial charge in [0.2, 0.25) is 5.91 Å². The zero-order valence-corrected chi connectivity index (χ0v) is 13.2. The smallest absolute Gasteiger partial charge is 0.410 e. The van der Waals surface area contributed by atoms with Gasteiger partial charge in [-0.3, -0.25) is 4.79 Å². The van der Waals surface area contributed by atoms with E-state index >= 15 is 0 Å². The van der Waals surface area contributed by atoms with E-state index in [1.807, 2.05) is 20.8 Å². The standard InChI is InChI=1S/C15H28N2O3/c1-5-6-9-13(18)16-12-8-7-10-17(11-12)14(19)20-15(2,3)4/h12H,5-11H2,1-4H3,(H,16,18). The van der Waals surface area contributed by atoms with Crippen LogP contribution in [-0.2, 0) is 9.53 Å². The number of amides is 2. The SMILES string of the molecule is CCCCC(=O)NC1CCCN(C(=O)OC(C)(C)C)C1. The van der Waals surface area contributed by atoms with Crippen molar-refractivity contribution < 1.29 is 14.3 Å². The number of nitrogens with one attached hydrogen (secondary N) is 1. The Kier molecular flexibility index (Phi) is 6.30. The Morgan fingerprint density at radius 3 is 2.65 bits per heavy atom. The van der Waals surface area contributed by atoms with Gasteiger partial charge in [0.25, 0.3) is 0 Å². The summed E-state index contributed by atoms with van der Waals surface area (Å²) in [6.45, 7) is 8.90. The lowest BCUT2D eigenvalue weighted by molar-refractivity contribution is -0.122. The average Bonchev–Trinajstić information content (AvgIpc) is 2.34. The van der Waals surface area contributed by atoms with Gasteiger partial charge in [-0.25, -0.2) is 4.79 Å². The monoisotopic (exact) mass is 284 g/mol. The van der Waals surface area contributed by atoms with Crippen molar-refractivity contribution in [3.05, 3.63) is 0 Å². The first-order valence-electron chi connectivity index (χ1n) is 7.59. The summed E-state index contributed by atoms with van der Waals surface area (Å²) in [6, 6.07) is 0.0561. The maximum absolute atomic E-state index is 12.0. The molecule has 1 aliphatic rings. The van der Waals surface area contributed by atoms with Crippen molar-refractivity contribution in [2.45, 2.75) is 71.4 Å². The lowest BCUT2D eigenvalue weighted by atomic mass is 10.1. The number of piperidine rings is 1. The van der Waals surface area contributed by atoms with E-state index in [9.17, 15) is 9.59 Å². The molecule has 0 aliphatic carbocycles. The van der Waals surface area contributed by atoms with Crippen LogP contribution in [-0.4, -0.2) is 41.6 Å². The summed E-state index contributed by atoms with van der Waals surface area (Å²) in [7, 11) is 0. The zero-order valence-electron chi connectivity index (χ0n) is 13.2. The minimum Gasteiger partial charge on any atom is -0.444 e. The van der Waals surface area contributed by atoms with E-state index in [2.05, 4.69) is 12.2 Å². The van der Waals surface area contributed by atoms with Gasteiger partial charge in [-0.05, 0) is 40.0 Å². The molecule has 1 fully saturated rings. The third kappa shape index (κ3) is 6.26. The van der Waals surface area contributed by atoms with Crippen LogP contribution >= 0.6 is 0 Å². The molecule has 5 heteroatoms.